The summed E-state index contributed by atoms with van der Waals surface area (Å²) in [6.07, 6.45) is 2.03. The zero-order valence-corrected chi connectivity index (χ0v) is 15.7. The molecule has 0 aliphatic heterocycles. The molecule has 24 heavy (non-hydrogen) atoms. The average molecular weight is 363 g/mol. The molecular formula is C18H22N2O2S2. The number of nitrogens with one attached hydrogen (secondary N) is 2. The van der Waals surface area contributed by atoms with Crippen molar-refractivity contribution in [2.75, 3.05) is 11.6 Å². The van der Waals surface area contributed by atoms with Gasteiger partial charge in [0, 0.05) is 11.9 Å². The number of hydrogen-bond acceptors (Lipinski definition) is 3. The first-order chi connectivity index (χ1) is 11.3. The monoisotopic (exact) mass is 362 g/mol. The summed E-state index contributed by atoms with van der Waals surface area (Å²) in [6, 6.07) is 14.9. The van der Waals surface area contributed by atoms with Crippen LogP contribution >= 0.6 is 12.2 Å². The first kappa shape index (κ1) is 18.4. The van der Waals surface area contributed by atoms with Crippen LogP contribution in [0.1, 0.15) is 30.5 Å². The Kier molecular flexibility index (Phi) is 5.96. The van der Waals surface area contributed by atoms with Crippen LogP contribution in [0.15, 0.2) is 53.4 Å². The zero-order valence-electron chi connectivity index (χ0n) is 14.0. The van der Waals surface area contributed by atoms with Gasteiger partial charge in [-0.25, -0.2) is 8.42 Å². The Morgan fingerprint density at radius 1 is 1.08 bits per heavy atom. The van der Waals surface area contributed by atoms with Crippen LogP contribution in [-0.2, 0) is 9.84 Å². The molecule has 2 N–H and O–H groups in total. The highest BCUT2D eigenvalue weighted by atomic mass is 32.2. The van der Waals surface area contributed by atoms with Crippen LogP contribution in [-0.4, -0.2) is 19.8 Å². The highest BCUT2D eigenvalue weighted by Crippen LogP contribution is 2.19. The molecule has 128 valence electrons. The van der Waals surface area contributed by atoms with Crippen molar-refractivity contribution < 1.29 is 8.42 Å². The molecule has 0 fully saturated rings. The van der Waals surface area contributed by atoms with Gasteiger partial charge in [-0.05, 0) is 55.4 Å². The number of thiocarbonyl (C=S) groups is 1. The third-order valence-corrected chi connectivity index (χ3v) is 5.08. The number of benzene rings is 2. The standard InChI is InChI=1S/C18H22N2O2S2/c1-4-17(14-7-11-16(12-8-14)24(3,21)22)20-18(23)19-15-9-5-13(2)6-10-15/h5-12,17H,4H2,1-3H3,(H2,19,20,23)/t17-/m1/s1. The van der Waals surface area contributed by atoms with Crippen molar-refractivity contribution in [2.45, 2.75) is 31.2 Å². The molecule has 0 heterocycles. The van der Waals surface area contributed by atoms with E-state index in [0.717, 1.165) is 17.7 Å². The molecule has 2 aromatic rings. The molecule has 6 heteroatoms. The molecule has 0 saturated heterocycles. The molecular weight excluding hydrogens is 340 g/mol. The van der Waals surface area contributed by atoms with Crippen LogP contribution in [0.4, 0.5) is 5.69 Å². The van der Waals surface area contributed by atoms with E-state index >= 15 is 0 Å². The minimum absolute atomic E-state index is 0.0176. The summed E-state index contributed by atoms with van der Waals surface area (Å²) in [5, 5.41) is 6.98. The molecule has 0 bridgehead atoms. The van der Waals surface area contributed by atoms with Gasteiger partial charge >= 0.3 is 0 Å². The van der Waals surface area contributed by atoms with Crippen molar-refractivity contribution in [3.05, 3.63) is 59.7 Å². The van der Waals surface area contributed by atoms with Crippen molar-refractivity contribution in [3.63, 3.8) is 0 Å². The maximum absolute atomic E-state index is 11.5. The van der Waals surface area contributed by atoms with Crippen LogP contribution in [0.25, 0.3) is 0 Å². The highest BCUT2D eigenvalue weighted by Gasteiger charge is 2.13. The summed E-state index contributed by atoms with van der Waals surface area (Å²) in [5.41, 5.74) is 3.12. The predicted octanol–water partition coefficient (Wildman–Crippen LogP) is 3.84. The van der Waals surface area contributed by atoms with Gasteiger partial charge in [0.05, 0.1) is 10.9 Å². The second-order valence-electron chi connectivity index (χ2n) is 5.77. The van der Waals surface area contributed by atoms with Crippen molar-refractivity contribution in [3.8, 4) is 0 Å². The van der Waals surface area contributed by atoms with E-state index in [9.17, 15) is 8.42 Å². The molecule has 0 aromatic heterocycles. The number of rotatable bonds is 5. The number of sulfone groups is 1. The fourth-order valence-corrected chi connectivity index (χ4v) is 3.22. The van der Waals surface area contributed by atoms with Gasteiger partial charge in [-0.2, -0.15) is 0 Å². The number of aryl methyl sites for hydroxylation is 1. The molecule has 2 aromatic carbocycles. The Balaban J connectivity index is 2.05. The van der Waals surface area contributed by atoms with Crippen molar-refractivity contribution >= 4 is 32.9 Å². The summed E-state index contributed by atoms with van der Waals surface area (Å²) >= 11 is 5.38. The lowest BCUT2D eigenvalue weighted by molar-refractivity contribution is 0.601. The normalized spacial score (nSPS) is 12.5. The van der Waals surface area contributed by atoms with Gasteiger partial charge in [0.1, 0.15) is 0 Å². The minimum Gasteiger partial charge on any atom is -0.356 e. The summed E-state index contributed by atoms with van der Waals surface area (Å²) in [7, 11) is -3.18. The van der Waals surface area contributed by atoms with Crippen LogP contribution < -0.4 is 10.6 Å². The lowest BCUT2D eigenvalue weighted by atomic mass is 10.1. The van der Waals surface area contributed by atoms with E-state index in [1.165, 1.54) is 11.8 Å². The Hall–Kier alpha value is -1.92. The van der Waals surface area contributed by atoms with Crippen molar-refractivity contribution in [1.82, 2.24) is 5.32 Å². The fourth-order valence-electron chi connectivity index (χ4n) is 2.33. The van der Waals surface area contributed by atoms with E-state index in [2.05, 4.69) is 17.6 Å². The number of hydrogen-bond donors (Lipinski definition) is 2. The van der Waals surface area contributed by atoms with E-state index in [1.807, 2.05) is 43.3 Å². The first-order valence-corrected chi connectivity index (χ1v) is 10.0. The second kappa shape index (κ2) is 7.77. The third kappa shape index (κ3) is 5.04. The summed E-state index contributed by atoms with van der Waals surface area (Å²) < 4.78 is 23.1. The molecule has 0 amide bonds. The van der Waals surface area contributed by atoms with Gasteiger partial charge in [-0.1, -0.05) is 36.8 Å². The first-order valence-electron chi connectivity index (χ1n) is 7.74. The molecule has 4 nitrogen and oxygen atoms in total. The molecule has 0 aliphatic carbocycles. The predicted molar refractivity (Wildman–Crippen MR) is 103 cm³/mol. The van der Waals surface area contributed by atoms with Crippen LogP contribution in [0.2, 0.25) is 0 Å². The Morgan fingerprint density at radius 3 is 2.17 bits per heavy atom. The molecule has 1 atom stereocenters. The van der Waals surface area contributed by atoms with Gasteiger partial charge in [0.2, 0.25) is 0 Å². The molecule has 0 aliphatic rings. The van der Waals surface area contributed by atoms with E-state index < -0.39 is 9.84 Å². The summed E-state index contributed by atoms with van der Waals surface area (Å²) in [5.74, 6) is 0. The van der Waals surface area contributed by atoms with Crippen LogP contribution in [0.3, 0.4) is 0 Å². The Labute approximate surface area is 149 Å². The van der Waals surface area contributed by atoms with Crippen molar-refractivity contribution in [1.29, 1.82) is 0 Å². The lowest BCUT2D eigenvalue weighted by Gasteiger charge is -2.20. The van der Waals surface area contributed by atoms with E-state index in [1.54, 1.807) is 12.1 Å². The van der Waals surface area contributed by atoms with Gasteiger partial charge < -0.3 is 10.6 Å². The lowest BCUT2D eigenvalue weighted by Crippen LogP contribution is -2.32. The molecule has 0 unspecified atom stereocenters. The molecule has 0 saturated carbocycles. The van der Waals surface area contributed by atoms with Gasteiger partial charge in [0.15, 0.2) is 14.9 Å². The minimum atomic E-state index is -3.18. The van der Waals surface area contributed by atoms with E-state index in [4.69, 9.17) is 12.2 Å². The van der Waals surface area contributed by atoms with Crippen molar-refractivity contribution in [2.24, 2.45) is 0 Å². The maximum atomic E-state index is 11.5. The molecule has 0 radical (unpaired) electrons. The van der Waals surface area contributed by atoms with E-state index in [0.29, 0.717) is 10.0 Å². The topological polar surface area (TPSA) is 58.2 Å². The second-order valence-corrected chi connectivity index (χ2v) is 8.19. The Morgan fingerprint density at radius 2 is 1.67 bits per heavy atom. The van der Waals surface area contributed by atoms with Gasteiger partial charge in [0.25, 0.3) is 0 Å². The largest absolute Gasteiger partial charge is 0.356 e. The average Bonchev–Trinajstić information content (AvgIpc) is 2.54. The zero-order chi connectivity index (χ0) is 17.7. The molecule has 0 spiro atoms. The Bertz CT molecular complexity index is 798. The van der Waals surface area contributed by atoms with E-state index in [-0.39, 0.29) is 6.04 Å². The number of anilines is 1. The quantitative estimate of drug-likeness (QED) is 0.792. The van der Waals surface area contributed by atoms with Crippen LogP contribution in [0.5, 0.6) is 0 Å². The summed E-state index contributed by atoms with van der Waals surface area (Å²) in [4.78, 5) is 0.321. The van der Waals surface area contributed by atoms with Gasteiger partial charge in [-0.15, -0.1) is 0 Å². The highest BCUT2D eigenvalue weighted by molar-refractivity contribution is 7.90. The smallest absolute Gasteiger partial charge is 0.175 e. The SMILES string of the molecule is CC[C@@H](NC(=S)Nc1ccc(C)cc1)c1ccc(S(C)(=O)=O)cc1. The third-order valence-electron chi connectivity index (χ3n) is 3.73. The van der Waals surface area contributed by atoms with Gasteiger partial charge in [-0.3, -0.25) is 0 Å². The van der Waals surface area contributed by atoms with Crippen LogP contribution in [0, 0.1) is 6.92 Å². The fraction of sp³-hybridized carbons (Fsp3) is 0.278. The maximum Gasteiger partial charge on any atom is 0.175 e. The molecule has 2 rings (SSSR count). The summed E-state index contributed by atoms with van der Waals surface area (Å²) in [6.45, 7) is 4.09.